The van der Waals surface area contributed by atoms with E-state index in [4.69, 9.17) is 11.6 Å². The van der Waals surface area contributed by atoms with E-state index in [1.807, 2.05) is 0 Å². The number of nitrogens with zero attached hydrogens (tertiary/aromatic N) is 1. The van der Waals surface area contributed by atoms with Crippen LogP contribution in [-0.4, -0.2) is 36.1 Å². The molecule has 1 spiro atoms. The highest BCUT2D eigenvalue weighted by molar-refractivity contribution is 6.25. The van der Waals surface area contributed by atoms with Crippen LogP contribution in [0.25, 0.3) is 0 Å². The highest BCUT2D eigenvalue weighted by atomic mass is 35.5. The van der Waals surface area contributed by atoms with Crippen molar-refractivity contribution in [2.45, 2.75) is 51.1 Å². The first-order chi connectivity index (χ1) is 7.65. The van der Waals surface area contributed by atoms with Gasteiger partial charge in [0.2, 0.25) is 0 Å². The average molecular weight is 243 g/mol. The SMILES string of the molecule is CC(=CCl)CN1CC2(CCCC2)NCC1C. The zero-order chi connectivity index (χ0) is 11.6. The van der Waals surface area contributed by atoms with Gasteiger partial charge in [0.1, 0.15) is 0 Å². The van der Waals surface area contributed by atoms with E-state index in [9.17, 15) is 0 Å². The van der Waals surface area contributed by atoms with Crippen LogP contribution in [0, 0.1) is 0 Å². The second-order valence-corrected chi connectivity index (χ2v) is 5.80. The van der Waals surface area contributed by atoms with Gasteiger partial charge in [-0.25, -0.2) is 0 Å². The minimum atomic E-state index is 0.416. The minimum absolute atomic E-state index is 0.416. The highest BCUT2D eigenvalue weighted by Crippen LogP contribution is 2.33. The molecule has 0 aromatic carbocycles. The van der Waals surface area contributed by atoms with Crippen molar-refractivity contribution in [3.63, 3.8) is 0 Å². The van der Waals surface area contributed by atoms with Crippen LogP contribution in [0.15, 0.2) is 11.1 Å². The molecule has 92 valence electrons. The first kappa shape index (κ1) is 12.4. The van der Waals surface area contributed by atoms with E-state index in [1.165, 1.54) is 37.8 Å². The van der Waals surface area contributed by atoms with Crippen LogP contribution >= 0.6 is 11.6 Å². The van der Waals surface area contributed by atoms with Gasteiger partial charge in [-0.15, -0.1) is 0 Å². The van der Waals surface area contributed by atoms with Crippen molar-refractivity contribution in [3.8, 4) is 0 Å². The van der Waals surface area contributed by atoms with Gasteiger partial charge in [-0.3, -0.25) is 4.90 Å². The second-order valence-electron chi connectivity index (χ2n) is 5.58. The molecular weight excluding hydrogens is 220 g/mol. The minimum Gasteiger partial charge on any atom is -0.308 e. The van der Waals surface area contributed by atoms with Crippen LogP contribution in [0.3, 0.4) is 0 Å². The normalized spacial score (nSPS) is 31.2. The van der Waals surface area contributed by atoms with Gasteiger partial charge in [0, 0.05) is 36.8 Å². The van der Waals surface area contributed by atoms with Gasteiger partial charge < -0.3 is 5.32 Å². The molecule has 2 aliphatic rings. The summed E-state index contributed by atoms with van der Waals surface area (Å²) >= 11 is 5.77. The van der Waals surface area contributed by atoms with Crippen LogP contribution in [0.4, 0.5) is 0 Å². The number of nitrogens with one attached hydrogen (secondary N) is 1. The van der Waals surface area contributed by atoms with Gasteiger partial charge in [0.05, 0.1) is 0 Å². The highest BCUT2D eigenvalue weighted by Gasteiger charge is 2.39. The summed E-state index contributed by atoms with van der Waals surface area (Å²) in [5.74, 6) is 0. The van der Waals surface area contributed by atoms with E-state index < -0.39 is 0 Å². The maximum atomic E-state index is 5.77. The number of piperazine rings is 1. The van der Waals surface area contributed by atoms with Gasteiger partial charge >= 0.3 is 0 Å². The molecule has 0 bridgehead atoms. The molecule has 0 amide bonds. The fraction of sp³-hybridized carbons (Fsp3) is 0.846. The third kappa shape index (κ3) is 2.61. The Morgan fingerprint density at radius 3 is 2.81 bits per heavy atom. The third-order valence-electron chi connectivity index (χ3n) is 4.10. The molecule has 2 rings (SSSR count). The van der Waals surface area contributed by atoms with Crippen LogP contribution in [0.2, 0.25) is 0 Å². The predicted octanol–water partition coefficient (Wildman–Crippen LogP) is 2.74. The maximum Gasteiger partial charge on any atom is 0.0309 e. The Kier molecular flexibility index (Phi) is 3.93. The van der Waals surface area contributed by atoms with Gasteiger partial charge in [-0.2, -0.15) is 0 Å². The lowest BCUT2D eigenvalue weighted by Gasteiger charge is -2.45. The Morgan fingerprint density at radius 2 is 2.19 bits per heavy atom. The molecular formula is C13H23ClN2. The molecule has 1 heterocycles. The van der Waals surface area contributed by atoms with Crippen LogP contribution in [-0.2, 0) is 0 Å². The summed E-state index contributed by atoms with van der Waals surface area (Å²) in [7, 11) is 0. The number of rotatable bonds is 2. The smallest absolute Gasteiger partial charge is 0.0309 e. The van der Waals surface area contributed by atoms with Crippen LogP contribution < -0.4 is 5.32 Å². The standard InChI is InChI=1S/C13H23ClN2/c1-11(7-14)9-16-10-13(5-3-4-6-13)15-8-12(16)2/h7,12,15H,3-6,8-10H2,1-2H3. The van der Waals surface area contributed by atoms with E-state index >= 15 is 0 Å². The zero-order valence-electron chi connectivity index (χ0n) is 10.4. The third-order valence-corrected chi connectivity index (χ3v) is 4.47. The summed E-state index contributed by atoms with van der Waals surface area (Å²) in [4.78, 5) is 2.58. The Bertz CT molecular complexity index is 269. The molecule has 1 aliphatic heterocycles. The van der Waals surface area contributed by atoms with E-state index in [1.54, 1.807) is 5.54 Å². The average Bonchev–Trinajstić information content (AvgIpc) is 2.72. The molecule has 1 N–H and O–H groups in total. The first-order valence-electron chi connectivity index (χ1n) is 6.40. The molecule has 0 aromatic heterocycles. The summed E-state index contributed by atoms with van der Waals surface area (Å²) < 4.78 is 0. The molecule has 2 fully saturated rings. The first-order valence-corrected chi connectivity index (χ1v) is 6.84. The lowest BCUT2D eigenvalue weighted by Crippen LogP contribution is -2.62. The van der Waals surface area contributed by atoms with Crippen LogP contribution in [0.5, 0.6) is 0 Å². The van der Waals surface area contributed by atoms with Crippen LogP contribution in [0.1, 0.15) is 39.5 Å². The molecule has 1 saturated carbocycles. The molecule has 1 unspecified atom stereocenters. The van der Waals surface area contributed by atoms with Crippen molar-refractivity contribution >= 4 is 11.6 Å². The molecule has 0 aromatic rings. The fourth-order valence-electron chi connectivity index (χ4n) is 3.05. The van der Waals surface area contributed by atoms with Crippen molar-refractivity contribution in [2.24, 2.45) is 0 Å². The van der Waals surface area contributed by atoms with E-state index in [0.29, 0.717) is 11.6 Å². The Labute approximate surface area is 104 Å². The van der Waals surface area contributed by atoms with E-state index in [-0.39, 0.29) is 0 Å². The lowest BCUT2D eigenvalue weighted by atomic mass is 9.92. The monoisotopic (exact) mass is 242 g/mol. The topological polar surface area (TPSA) is 15.3 Å². The predicted molar refractivity (Wildman–Crippen MR) is 69.8 cm³/mol. The van der Waals surface area contributed by atoms with Crippen molar-refractivity contribution in [1.29, 1.82) is 0 Å². The summed E-state index contributed by atoms with van der Waals surface area (Å²) in [5.41, 5.74) is 3.40. The summed E-state index contributed by atoms with van der Waals surface area (Å²) in [6, 6.07) is 0.623. The molecule has 0 radical (unpaired) electrons. The largest absolute Gasteiger partial charge is 0.308 e. The molecule has 2 nitrogen and oxygen atoms in total. The summed E-state index contributed by atoms with van der Waals surface area (Å²) in [6.07, 6.45) is 5.47. The van der Waals surface area contributed by atoms with Gasteiger partial charge in [-0.05, 0) is 32.3 Å². The number of hydrogen-bond donors (Lipinski definition) is 1. The Balaban J connectivity index is 2.00. The van der Waals surface area contributed by atoms with Gasteiger partial charge in [0.15, 0.2) is 0 Å². The van der Waals surface area contributed by atoms with Crippen molar-refractivity contribution in [2.75, 3.05) is 19.6 Å². The van der Waals surface area contributed by atoms with Crippen molar-refractivity contribution in [3.05, 3.63) is 11.1 Å². The molecule has 16 heavy (non-hydrogen) atoms. The fourth-order valence-corrected chi connectivity index (χ4v) is 3.12. The van der Waals surface area contributed by atoms with Gasteiger partial charge in [-0.1, -0.05) is 24.4 Å². The van der Waals surface area contributed by atoms with Crippen molar-refractivity contribution < 1.29 is 0 Å². The summed E-state index contributed by atoms with van der Waals surface area (Å²) in [6.45, 7) is 7.75. The molecule has 3 heteroatoms. The zero-order valence-corrected chi connectivity index (χ0v) is 11.2. The Hall–Kier alpha value is -0.0500. The summed E-state index contributed by atoms with van der Waals surface area (Å²) in [5, 5.41) is 3.77. The Morgan fingerprint density at radius 1 is 1.50 bits per heavy atom. The molecule has 1 saturated heterocycles. The van der Waals surface area contributed by atoms with Gasteiger partial charge in [0.25, 0.3) is 0 Å². The number of hydrogen-bond acceptors (Lipinski definition) is 2. The molecule has 1 atom stereocenters. The second kappa shape index (κ2) is 5.07. The quantitative estimate of drug-likeness (QED) is 0.801. The maximum absolute atomic E-state index is 5.77. The van der Waals surface area contributed by atoms with Crippen molar-refractivity contribution in [1.82, 2.24) is 10.2 Å². The number of halogens is 1. The van der Waals surface area contributed by atoms with E-state index in [0.717, 1.165) is 13.1 Å². The lowest BCUT2D eigenvalue weighted by molar-refractivity contribution is 0.0981. The molecule has 1 aliphatic carbocycles. The van der Waals surface area contributed by atoms with E-state index in [2.05, 4.69) is 24.1 Å².